The molecule has 3 amide bonds. The molecule has 3 aliphatic rings. The van der Waals surface area contributed by atoms with Crippen LogP contribution < -0.4 is 4.90 Å². The zero-order chi connectivity index (χ0) is 29.2. The molecule has 1 N–H and O–H groups in total. The first kappa shape index (κ1) is 30.4. The van der Waals surface area contributed by atoms with Crippen LogP contribution in [-0.4, -0.2) is 80.4 Å². The number of fused-ring (bicyclic) bond motifs is 1. The van der Waals surface area contributed by atoms with E-state index in [9.17, 15) is 19.5 Å². The third kappa shape index (κ3) is 4.81. The Morgan fingerprint density at radius 3 is 2.42 bits per heavy atom. The average Bonchev–Trinajstić information content (AvgIpc) is 3.55. The number of amides is 3. The molecule has 1 aromatic carbocycles. The van der Waals surface area contributed by atoms with Crippen molar-refractivity contribution in [2.24, 2.45) is 17.8 Å². The molecular weight excluding hydrogens is 522 g/mol. The van der Waals surface area contributed by atoms with E-state index in [4.69, 9.17) is 0 Å². The summed E-state index contributed by atoms with van der Waals surface area (Å²) in [7, 11) is 0. The second-order valence-electron chi connectivity index (χ2n) is 11.5. The number of carbonyl (C=O) groups is 3. The van der Waals surface area contributed by atoms with Gasteiger partial charge in [0.15, 0.2) is 0 Å². The van der Waals surface area contributed by atoms with E-state index in [0.717, 1.165) is 24.9 Å². The van der Waals surface area contributed by atoms with Gasteiger partial charge in [-0.05, 0) is 44.2 Å². The molecule has 8 atom stereocenters. The summed E-state index contributed by atoms with van der Waals surface area (Å²) in [6.45, 7) is 16.5. The fourth-order valence-electron chi connectivity index (χ4n) is 7.42. The first-order valence-corrected chi connectivity index (χ1v) is 15.6. The topological polar surface area (TPSA) is 81.2 Å². The zero-order valence-electron chi connectivity index (χ0n) is 24.4. The van der Waals surface area contributed by atoms with E-state index < -0.39 is 28.7 Å². The molecule has 0 radical (unpaired) electrons. The Morgan fingerprint density at radius 2 is 1.85 bits per heavy atom. The van der Waals surface area contributed by atoms with Gasteiger partial charge in [0.05, 0.1) is 29.2 Å². The summed E-state index contributed by atoms with van der Waals surface area (Å²) in [4.78, 5) is 48.8. The standard InChI is InChI=1S/C32H45N3O4S/c1-7-14-22(6)33(17-8-2)31(39)28-32-21(5)19-25(40-32)26(27(32)30(38)35(28)23(10-4)20-36)29(37)34(18-9-3)24-15-12-11-13-16-24/h8-9,11-13,15-16,21-23,25-28,36H,2-3,7,10,14,17-20H2,1,4-6H3/t21?,22?,23-,25+,26-,27-,28?,32?/m0/s1. The van der Waals surface area contributed by atoms with E-state index in [1.807, 2.05) is 49.1 Å². The predicted molar refractivity (Wildman–Crippen MR) is 162 cm³/mol. The lowest BCUT2D eigenvalue weighted by Crippen LogP contribution is -2.60. The Balaban J connectivity index is 1.82. The van der Waals surface area contributed by atoms with Crippen LogP contribution in [0.2, 0.25) is 0 Å². The lowest BCUT2D eigenvalue weighted by atomic mass is 9.65. The van der Waals surface area contributed by atoms with E-state index in [-0.39, 0.29) is 41.5 Å². The number of anilines is 1. The van der Waals surface area contributed by atoms with Gasteiger partial charge in [0, 0.05) is 30.1 Å². The number of thioether (sulfide) groups is 1. The van der Waals surface area contributed by atoms with Crippen LogP contribution in [0.25, 0.3) is 0 Å². The quantitative estimate of drug-likeness (QED) is 0.355. The minimum atomic E-state index is -0.742. The Bertz CT molecular complexity index is 1110. The average molecular weight is 568 g/mol. The van der Waals surface area contributed by atoms with Gasteiger partial charge in [-0.2, -0.15) is 0 Å². The molecule has 40 heavy (non-hydrogen) atoms. The first-order valence-electron chi connectivity index (χ1n) is 14.7. The van der Waals surface area contributed by atoms with Crippen molar-refractivity contribution in [3.8, 4) is 0 Å². The highest BCUT2D eigenvalue weighted by molar-refractivity contribution is 8.02. The smallest absolute Gasteiger partial charge is 0.247 e. The van der Waals surface area contributed by atoms with Gasteiger partial charge in [-0.15, -0.1) is 24.9 Å². The number of aliphatic hydroxyl groups is 1. The highest BCUT2D eigenvalue weighted by Gasteiger charge is 2.77. The SMILES string of the molecule is C=CCN(C(=O)[C@@H]1[C@H]2C(=O)N([C@@H](CC)CO)C(C(=O)N(CC=C)C(C)CCC)C23S[C@@H]1CC3C)c1ccccc1. The van der Waals surface area contributed by atoms with Crippen molar-refractivity contribution in [3.05, 3.63) is 55.6 Å². The van der Waals surface area contributed by atoms with E-state index in [1.54, 1.807) is 33.7 Å². The molecule has 8 heteroatoms. The lowest BCUT2D eigenvalue weighted by molar-refractivity contribution is -0.146. The molecule has 0 aliphatic carbocycles. The molecule has 4 rings (SSSR count). The molecule has 218 valence electrons. The van der Waals surface area contributed by atoms with Crippen molar-refractivity contribution in [1.29, 1.82) is 0 Å². The number of nitrogens with zero attached hydrogens (tertiary/aromatic N) is 3. The maximum absolute atomic E-state index is 14.6. The van der Waals surface area contributed by atoms with Gasteiger partial charge in [0.1, 0.15) is 6.04 Å². The molecule has 7 nitrogen and oxygen atoms in total. The number of hydrogen-bond donors (Lipinski definition) is 1. The van der Waals surface area contributed by atoms with Crippen LogP contribution in [0.5, 0.6) is 0 Å². The minimum absolute atomic E-state index is 0.0189. The van der Waals surface area contributed by atoms with Crippen molar-refractivity contribution in [2.75, 3.05) is 24.6 Å². The second kappa shape index (κ2) is 12.5. The molecular formula is C32H45N3O4S. The summed E-state index contributed by atoms with van der Waals surface area (Å²) in [5.41, 5.74) is 0.768. The second-order valence-corrected chi connectivity index (χ2v) is 13.1. The van der Waals surface area contributed by atoms with Crippen molar-refractivity contribution in [1.82, 2.24) is 9.80 Å². The highest BCUT2D eigenvalue weighted by Crippen LogP contribution is 2.69. The summed E-state index contributed by atoms with van der Waals surface area (Å²) in [5.74, 6) is -1.48. The third-order valence-corrected chi connectivity index (χ3v) is 11.3. The summed E-state index contributed by atoms with van der Waals surface area (Å²) < 4.78 is -0.732. The van der Waals surface area contributed by atoms with Crippen molar-refractivity contribution in [2.45, 2.75) is 81.5 Å². The van der Waals surface area contributed by atoms with Crippen LogP contribution in [0.15, 0.2) is 55.6 Å². The molecule has 3 saturated heterocycles. The van der Waals surface area contributed by atoms with Crippen molar-refractivity contribution >= 4 is 35.2 Å². The van der Waals surface area contributed by atoms with Gasteiger partial charge in [-0.25, -0.2) is 0 Å². The first-order chi connectivity index (χ1) is 19.2. The van der Waals surface area contributed by atoms with Crippen molar-refractivity contribution < 1.29 is 19.5 Å². The van der Waals surface area contributed by atoms with Gasteiger partial charge in [-0.3, -0.25) is 14.4 Å². The normalized spacial score (nSPS) is 30.1. The van der Waals surface area contributed by atoms with E-state index in [1.165, 1.54) is 0 Å². The number of hydrogen-bond acceptors (Lipinski definition) is 5. The molecule has 3 aliphatic heterocycles. The van der Waals surface area contributed by atoms with E-state index in [0.29, 0.717) is 19.5 Å². The fourth-order valence-corrected chi connectivity index (χ4v) is 9.82. The third-order valence-electron chi connectivity index (χ3n) is 9.27. The summed E-state index contributed by atoms with van der Waals surface area (Å²) in [6.07, 6.45) is 6.51. The van der Waals surface area contributed by atoms with Crippen LogP contribution in [0, 0.1) is 17.8 Å². The molecule has 0 aromatic heterocycles. The van der Waals surface area contributed by atoms with Crippen molar-refractivity contribution in [3.63, 3.8) is 0 Å². The Morgan fingerprint density at radius 1 is 1.18 bits per heavy atom. The lowest BCUT2D eigenvalue weighted by Gasteiger charge is -2.43. The number of carbonyl (C=O) groups excluding carboxylic acids is 3. The number of para-hydroxylation sites is 1. The summed E-state index contributed by atoms with van der Waals surface area (Å²) in [6, 6.07) is 8.25. The maximum Gasteiger partial charge on any atom is 0.247 e. The molecule has 3 fully saturated rings. The van der Waals surface area contributed by atoms with Crippen LogP contribution >= 0.6 is 11.8 Å². The Kier molecular flexibility index (Phi) is 9.51. The number of aliphatic hydroxyl groups excluding tert-OH is 1. The van der Waals surface area contributed by atoms with Gasteiger partial charge in [-0.1, -0.05) is 57.5 Å². The highest BCUT2D eigenvalue weighted by atomic mass is 32.2. The maximum atomic E-state index is 14.6. The number of rotatable bonds is 13. The fraction of sp³-hybridized carbons (Fsp3) is 0.594. The van der Waals surface area contributed by atoms with Crippen LogP contribution in [-0.2, 0) is 14.4 Å². The summed E-state index contributed by atoms with van der Waals surface area (Å²) in [5, 5.41) is 10.3. The summed E-state index contributed by atoms with van der Waals surface area (Å²) >= 11 is 1.68. The largest absolute Gasteiger partial charge is 0.394 e. The van der Waals surface area contributed by atoms with Gasteiger partial charge in [0.2, 0.25) is 17.7 Å². The molecule has 3 heterocycles. The number of likely N-dealkylation sites (tertiary alicyclic amines) is 1. The predicted octanol–water partition coefficient (Wildman–Crippen LogP) is 4.52. The van der Waals surface area contributed by atoms with Crippen LogP contribution in [0.4, 0.5) is 5.69 Å². The van der Waals surface area contributed by atoms with Crippen LogP contribution in [0.3, 0.4) is 0 Å². The number of benzene rings is 1. The monoisotopic (exact) mass is 567 g/mol. The van der Waals surface area contributed by atoms with Gasteiger partial charge < -0.3 is 19.8 Å². The zero-order valence-corrected chi connectivity index (χ0v) is 25.2. The van der Waals surface area contributed by atoms with Gasteiger partial charge >= 0.3 is 0 Å². The Hall–Kier alpha value is -2.58. The van der Waals surface area contributed by atoms with E-state index >= 15 is 0 Å². The molecule has 1 spiro atoms. The molecule has 4 unspecified atom stereocenters. The minimum Gasteiger partial charge on any atom is -0.394 e. The van der Waals surface area contributed by atoms with E-state index in [2.05, 4.69) is 27.0 Å². The molecule has 1 aromatic rings. The Labute approximate surface area is 243 Å². The van der Waals surface area contributed by atoms with Gasteiger partial charge in [0.25, 0.3) is 0 Å². The molecule has 2 bridgehead atoms. The molecule has 0 saturated carbocycles. The van der Waals surface area contributed by atoms with Crippen LogP contribution in [0.1, 0.15) is 53.4 Å².